The topological polar surface area (TPSA) is 89.1 Å². The van der Waals surface area contributed by atoms with Crippen LogP contribution in [0.3, 0.4) is 0 Å². The summed E-state index contributed by atoms with van der Waals surface area (Å²) in [5.41, 5.74) is 2.00. The van der Waals surface area contributed by atoms with Gasteiger partial charge in [0, 0.05) is 25.4 Å². The molecule has 2 N–H and O–H groups in total. The van der Waals surface area contributed by atoms with Crippen molar-refractivity contribution in [2.75, 3.05) is 13.2 Å². The summed E-state index contributed by atoms with van der Waals surface area (Å²) in [4.78, 5) is 16.5. The lowest BCUT2D eigenvalue weighted by molar-refractivity contribution is -0.126. The molecule has 0 unspecified atom stereocenters. The van der Waals surface area contributed by atoms with Gasteiger partial charge in [-0.25, -0.2) is 0 Å². The first kappa shape index (κ1) is 17.6. The lowest BCUT2D eigenvalue weighted by Crippen LogP contribution is -2.50. The van der Waals surface area contributed by atoms with Gasteiger partial charge in [-0.15, -0.1) is 0 Å². The Kier molecular flexibility index (Phi) is 6.53. The fourth-order valence-electron chi connectivity index (χ4n) is 2.87. The maximum atomic E-state index is 12.2. The van der Waals surface area contributed by atoms with Crippen LogP contribution in [-0.2, 0) is 27.3 Å². The zero-order chi connectivity index (χ0) is 17.3. The second kappa shape index (κ2) is 9.29. The molecule has 7 heteroatoms. The Morgan fingerprint density at radius 1 is 1.44 bits per heavy atom. The normalized spacial score (nSPS) is 20.3. The molecule has 3 rings (SSSR count). The summed E-state index contributed by atoms with van der Waals surface area (Å²) in [5.74, 6) is 0.0328. The van der Waals surface area contributed by atoms with Crippen LogP contribution in [0.2, 0.25) is 0 Å². The molecule has 3 heterocycles. The molecule has 1 fully saturated rings. The van der Waals surface area contributed by atoms with Crippen molar-refractivity contribution in [2.45, 2.75) is 44.4 Å². The van der Waals surface area contributed by atoms with Crippen molar-refractivity contribution in [3.8, 4) is 0 Å². The number of aryl methyl sites for hydroxylation is 1. The number of carbonyl (C=O) groups excluding carboxylic acids is 1. The largest absolute Gasteiger partial charge is 0.379 e. The number of rotatable bonds is 8. The molecule has 0 aromatic carbocycles. The first-order valence-electron chi connectivity index (χ1n) is 8.67. The van der Waals surface area contributed by atoms with Crippen LogP contribution in [0.1, 0.15) is 30.5 Å². The molecule has 134 valence electrons. The van der Waals surface area contributed by atoms with Gasteiger partial charge in [0.25, 0.3) is 0 Å². The first-order chi connectivity index (χ1) is 12.3. The fourth-order valence-corrected chi connectivity index (χ4v) is 2.87. The van der Waals surface area contributed by atoms with Gasteiger partial charge in [0.05, 0.1) is 37.3 Å². The van der Waals surface area contributed by atoms with Gasteiger partial charge in [-0.3, -0.25) is 14.9 Å². The first-order valence-corrected chi connectivity index (χ1v) is 8.67. The van der Waals surface area contributed by atoms with Crippen molar-refractivity contribution in [3.05, 3.63) is 48.0 Å². The molecule has 2 aromatic rings. The number of carbonyl (C=O) groups is 1. The molecule has 0 aliphatic carbocycles. The van der Waals surface area contributed by atoms with Crippen molar-refractivity contribution in [1.82, 2.24) is 20.5 Å². The van der Waals surface area contributed by atoms with E-state index in [1.807, 2.05) is 24.4 Å². The Labute approximate surface area is 147 Å². The maximum Gasteiger partial charge on any atom is 0.220 e. The maximum absolute atomic E-state index is 12.2. The Balaban J connectivity index is 1.42. The Hall–Kier alpha value is -2.25. The summed E-state index contributed by atoms with van der Waals surface area (Å²) >= 11 is 0. The minimum atomic E-state index is -0.112. The summed E-state index contributed by atoms with van der Waals surface area (Å²) in [6.45, 7) is 1.58. The van der Waals surface area contributed by atoms with E-state index in [4.69, 9.17) is 9.47 Å². The number of nitrogens with one attached hydrogen (secondary N) is 2. The molecule has 1 saturated heterocycles. The molecule has 2 aromatic heterocycles. The second-order valence-electron chi connectivity index (χ2n) is 6.17. The lowest BCUT2D eigenvalue weighted by Gasteiger charge is -2.32. The van der Waals surface area contributed by atoms with Gasteiger partial charge in [0.2, 0.25) is 5.91 Å². The van der Waals surface area contributed by atoms with Crippen LogP contribution in [0.4, 0.5) is 0 Å². The molecule has 25 heavy (non-hydrogen) atoms. The van der Waals surface area contributed by atoms with Crippen LogP contribution in [-0.4, -0.2) is 46.4 Å². The molecule has 0 radical (unpaired) electrons. The van der Waals surface area contributed by atoms with Crippen molar-refractivity contribution < 1.29 is 14.3 Å². The Morgan fingerprint density at radius 2 is 2.40 bits per heavy atom. The third kappa shape index (κ3) is 5.65. The molecule has 7 nitrogen and oxygen atoms in total. The quantitative estimate of drug-likeness (QED) is 0.759. The lowest BCUT2D eigenvalue weighted by atomic mass is 10.1. The van der Waals surface area contributed by atoms with Gasteiger partial charge in [-0.1, -0.05) is 6.07 Å². The molecule has 1 aliphatic rings. The van der Waals surface area contributed by atoms with Gasteiger partial charge in [-0.2, -0.15) is 5.10 Å². The van der Waals surface area contributed by atoms with E-state index < -0.39 is 0 Å². The van der Waals surface area contributed by atoms with Crippen LogP contribution in [0, 0.1) is 0 Å². The number of amides is 1. The van der Waals surface area contributed by atoms with Crippen molar-refractivity contribution in [1.29, 1.82) is 0 Å². The summed E-state index contributed by atoms with van der Waals surface area (Å²) in [6.07, 6.45) is 8.23. The van der Waals surface area contributed by atoms with Crippen LogP contribution < -0.4 is 5.32 Å². The molecule has 0 spiro atoms. The predicted molar refractivity (Wildman–Crippen MR) is 91.7 cm³/mol. The number of aromatic nitrogens is 3. The molecular formula is C18H24N4O3. The van der Waals surface area contributed by atoms with Crippen molar-refractivity contribution >= 4 is 5.91 Å². The summed E-state index contributed by atoms with van der Waals surface area (Å²) < 4.78 is 11.5. The summed E-state index contributed by atoms with van der Waals surface area (Å²) in [6, 6.07) is 5.64. The van der Waals surface area contributed by atoms with E-state index in [-0.39, 0.29) is 18.1 Å². The average molecular weight is 344 g/mol. The highest BCUT2D eigenvalue weighted by Gasteiger charge is 2.27. The Bertz CT molecular complexity index is 633. The molecule has 1 aliphatic heterocycles. The summed E-state index contributed by atoms with van der Waals surface area (Å²) in [7, 11) is 0. The molecule has 2 atom stereocenters. The van der Waals surface area contributed by atoms with Crippen molar-refractivity contribution in [3.63, 3.8) is 0 Å². The zero-order valence-electron chi connectivity index (χ0n) is 14.2. The van der Waals surface area contributed by atoms with Gasteiger partial charge in [0.1, 0.15) is 0 Å². The number of hydrogen-bond donors (Lipinski definition) is 2. The average Bonchev–Trinajstić information content (AvgIpc) is 3.15. The molecular weight excluding hydrogens is 320 g/mol. The van der Waals surface area contributed by atoms with Crippen LogP contribution in [0.15, 0.2) is 36.8 Å². The smallest absolute Gasteiger partial charge is 0.220 e. The number of H-pyrrole nitrogens is 1. The van der Waals surface area contributed by atoms with Gasteiger partial charge in [0.15, 0.2) is 0 Å². The molecule has 1 amide bonds. The van der Waals surface area contributed by atoms with E-state index in [0.29, 0.717) is 26.2 Å². The van der Waals surface area contributed by atoms with E-state index in [0.717, 1.165) is 30.5 Å². The second-order valence-corrected chi connectivity index (χ2v) is 6.17. The Morgan fingerprint density at radius 3 is 3.20 bits per heavy atom. The molecule has 0 bridgehead atoms. The third-order valence-corrected chi connectivity index (χ3v) is 4.23. The van der Waals surface area contributed by atoms with E-state index >= 15 is 0 Å². The highest BCUT2D eigenvalue weighted by Crippen LogP contribution is 2.14. The minimum Gasteiger partial charge on any atom is -0.379 e. The predicted octanol–water partition coefficient (Wildman–Crippen LogP) is 1.62. The van der Waals surface area contributed by atoms with E-state index in [1.165, 1.54) is 0 Å². The van der Waals surface area contributed by atoms with Gasteiger partial charge in [-0.05, 0) is 37.0 Å². The molecule has 0 saturated carbocycles. The minimum absolute atomic E-state index is 0.0328. The van der Waals surface area contributed by atoms with Crippen molar-refractivity contribution in [2.24, 2.45) is 0 Å². The highest BCUT2D eigenvalue weighted by molar-refractivity contribution is 5.76. The van der Waals surface area contributed by atoms with Crippen LogP contribution in [0.5, 0.6) is 0 Å². The van der Waals surface area contributed by atoms with Crippen LogP contribution >= 0.6 is 0 Å². The van der Waals surface area contributed by atoms with Gasteiger partial charge < -0.3 is 14.8 Å². The standard InChI is InChI=1S/C18H24N4O3/c23-18(6-3-4-14-10-20-21-11-14)22-16-13-24-9-7-17(16)25-12-15-5-1-2-8-19-15/h1-2,5,8,10-11,16-17H,3-4,6-7,9,12-13H2,(H,20,21)(H,22,23)/t16-,17-/m1/s1. The number of hydrogen-bond acceptors (Lipinski definition) is 5. The van der Waals surface area contributed by atoms with E-state index in [9.17, 15) is 4.79 Å². The number of aromatic amines is 1. The summed E-state index contributed by atoms with van der Waals surface area (Å²) in [5, 5.41) is 9.74. The third-order valence-electron chi connectivity index (χ3n) is 4.23. The van der Waals surface area contributed by atoms with E-state index in [2.05, 4.69) is 20.5 Å². The SMILES string of the molecule is O=C(CCCc1cn[nH]c1)N[C@@H]1COCC[C@H]1OCc1ccccn1. The fraction of sp³-hybridized carbons (Fsp3) is 0.500. The zero-order valence-corrected chi connectivity index (χ0v) is 14.2. The highest BCUT2D eigenvalue weighted by atomic mass is 16.5. The number of ether oxygens (including phenoxy) is 2. The number of nitrogens with zero attached hydrogens (tertiary/aromatic N) is 2. The van der Waals surface area contributed by atoms with E-state index in [1.54, 1.807) is 12.4 Å². The number of pyridine rings is 1. The van der Waals surface area contributed by atoms with Gasteiger partial charge >= 0.3 is 0 Å². The monoisotopic (exact) mass is 344 g/mol. The van der Waals surface area contributed by atoms with Crippen LogP contribution in [0.25, 0.3) is 0 Å².